The zero-order valence-electron chi connectivity index (χ0n) is 12.5. The average Bonchev–Trinajstić information content (AvgIpc) is 2.78. The largest absolute Gasteiger partial charge is 0.491 e. The van der Waals surface area contributed by atoms with E-state index < -0.39 is 11.4 Å². The molecule has 0 atom stereocenters. The highest BCUT2D eigenvalue weighted by Crippen LogP contribution is 2.32. The highest BCUT2D eigenvalue weighted by Gasteiger charge is 2.33. The second-order valence-electron chi connectivity index (χ2n) is 5.96. The van der Waals surface area contributed by atoms with Crippen LogP contribution in [-0.4, -0.2) is 22.7 Å². The quantitative estimate of drug-likeness (QED) is 0.876. The summed E-state index contributed by atoms with van der Waals surface area (Å²) in [6, 6.07) is 4.34. The van der Waals surface area contributed by atoms with E-state index in [-0.39, 0.29) is 24.1 Å². The third-order valence-corrected chi connectivity index (χ3v) is 3.61. The predicted octanol–water partition coefficient (Wildman–Crippen LogP) is 3.25. The summed E-state index contributed by atoms with van der Waals surface area (Å²) in [5, 5.41) is 12.7. The molecular formula is C16H22FNO3. The van der Waals surface area contributed by atoms with Crippen LogP contribution < -0.4 is 10.1 Å². The van der Waals surface area contributed by atoms with Crippen LogP contribution >= 0.6 is 0 Å². The number of amides is 1. The van der Waals surface area contributed by atoms with E-state index in [1.54, 1.807) is 6.07 Å². The first-order valence-electron chi connectivity index (χ1n) is 7.36. The van der Waals surface area contributed by atoms with Crippen LogP contribution in [-0.2, 0) is 4.79 Å². The van der Waals surface area contributed by atoms with Gasteiger partial charge in [0.15, 0.2) is 0 Å². The van der Waals surface area contributed by atoms with Gasteiger partial charge in [-0.1, -0.05) is 12.8 Å². The van der Waals surface area contributed by atoms with E-state index in [2.05, 4.69) is 5.32 Å². The molecule has 0 aromatic heterocycles. The Balaban J connectivity index is 1.97. The molecular weight excluding hydrogens is 273 g/mol. The smallest absolute Gasteiger partial charge is 0.227 e. The van der Waals surface area contributed by atoms with E-state index in [1.807, 2.05) is 13.8 Å². The Morgan fingerprint density at radius 3 is 2.67 bits per heavy atom. The maximum absolute atomic E-state index is 13.9. The van der Waals surface area contributed by atoms with Crippen molar-refractivity contribution in [3.05, 3.63) is 24.0 Å². The standard InChI is InChI=1S/C16H22FNO3/c1-11(2)21-12-5-6-14(13(17)9-12)18-15(19)10-16(20)7-3-4-8-16/h5-6,9,11,20H,3-4,7-8,10H2,1-2H3,(H,18,19). The van der Waals surface area contributed by atoms with Crippen molar-refractivity contribution >= 4 is 11.6 Å². The van der Waals surface area contributed by atoms with Crippen LogP contribution in [0.2, 0.25) is 0 Å². The summed E-state index contributed by atoms with van der Waals surface area (Å²) >= 11 is 0. The van der Waals surface area contributed by atoms with Gasteiger partial charge in [-0.05, 0) is 38.8 Å². The SMILES string of the molecule is CC(C)Oc1ccc(NC(=O)CC2(O)CCCC2)c(F)c1. The van der Waals surface area contributed by atoms with Gasteiger partial charge in [0.25, 0.3) is 0 Å². The molecule has 0 heterocycles. The average molecular weight is 295 g/mol. The number of anilines is 1. The first-order chi connectivity index (χ1) is 9.88. The molecule has 0 saturated heterocycles. The van der Waals surface area contributed by atoms with Crippen LogP contribution in [0.25, 0.3) is 0 Å². The van der Waals surface area contributed by atoms with Crippen molar-refractivity contribution in [3.8, 4) is 5.75 Å². The monoisotopic (exact) mass is 295 g/mol. The van der Waals surface area contributed by atoms with Gasteiger partial charge in [0, 0.05) is 6.07 Å². The van der Waals surface area contributed by atoms with Crippen LogP contribution in [0.15, 0.2) is 18.2 Å². The molecule has 0 bridgehead atoms. The molecule has 1 saturated carbocycles. The molecule has 5 heteroatoms. The van der Waals surface area contributed by atoms with Gasteiger partial charge in [0.2, 0.25) is 5.91 Å². The summed E-state index contributed by atoms with van der Waals surface area (Å²) in [5.74, 6) is -0.481. The number of halogens is 1. The van der Waals surface area contributed by atoms with Gasteiger partial charge in [-0.3, -0.25) is 4.79 Å². The Morgan fingerprint density at radius 2 is 2.10 bits per heavy atom. The van der Waals surface area contributed by atoms with Gasteiger partial charge in [0.05, 0.1) is 23.8 Å². The Bertz CT molecular complexity index is 510. The third-order valence-electron chi connectivity index (χ3n) is 3.61. The normalized spacial score (nSPS) is 17.0. The molecule has 0 aliphatic heterocycles. The molecule has 21 heavy (non-hydrogen) atoms. The maximum Gasteiger partial charge on any atom is 0.227 e. The van der Waals surface area contributed by atoms with Crippen molar-refractivity contribution < 1.29 is 19.0 Å². The molecule has 1 aromatic rings. The number of carbonyl (C=O) groups is 1. The zero-order valence-corrected chi connectivity index (χ0v) is 12.5. The number of aliphatic hydroxyl groups is 1. The lowest BCUT2D eigenvalue weighted by Gasteiger charge is -2.21. The molecule has 2 N–H and O–H groups in total. The highest BCUT2D eigenvalue weighted by atomic mass is 19.1. The van der Waals surface area contributed by atoms with Crippen molar-refractivity contribution in [2.75, 3.05) is 5.32 Å². The highest BCUT2D eigenvalue weighted by molar-refractivity contribution is 5.91. The Morgan fingerprint density at radius 1 is 1.43 bits per heavy atom. The number of ether oxygens (including phenoxy) is 1. The van der Waals surface area contributed by atoms with E-state index >= 15 is 0 Å². The molecule has 1 aliphatic carbocycles. The van der Waals surface area contributed by atoms with Crippen LogP contribution in [0, 0.1) is 5.82 Å². The van der Waals surface area contributed by atoms with E-state index in [9.17, 15) is 14.3 Å². The summed E-state index contributed by atoms with van der Waals surface area (Å²) in [6.45, 7) is 3.71. The van der Waals surface area contributed by atoms with Crippen LogP contribution in [0.4, 0.5) is 10.1 Å². The van der Waals surface area contributed by atoms with Gasteiger partial charge >= 0.3 is 0 Å². The first-order valence-corrected chi connectivity index (χ1v) is 7.36. The molecule has 4 nitrogen and oxygen atoms in total. The lowest BCUT2D eigenvalue weighted by atomic mass is 9.97. The maximum atomic E-state index is 13.9. The Kier molecular flexibility index (Phi) is 4.83. The summed E-state index contributed by atoms with van der Waals surface area (Å²) in [6.07, 6.45) is 3.09. The minimum Gasteiger partial charge on any atom is -0.491 e. The lowest BCUT2D eigenvalue weighted by Crippen LogP contribution is -2.30. The molecule has 1 aromatic carbocycles. The molecule has 0 spiro atoms. The second kappa shape index (κ2) is 6.43. The fraction of sp³-hybridized carbons (Fsp3) is 0.562. The minimum absolute atomic E-state index is 0.0106. The van der Waals surface area contributed by atoms with Gasteiger partial charge in [-0.2, -0.15) is 0 Å². The number of hydrogen-bond donors (Lipinski definition) is 2. The van der Waals surface area contributed by atoms with Gasteiger partial charge in [0.1, 0.15) is 11.6 Å². The van der Waals surface area contributed by atoms with Gasteiger partial charge in [-0.15, -0.1) is 0 Å². The first kappa shape index (κ1) is 15.8. The summed E-state index contributed by atoms with van der Waals surface area (Å²) in [7, 11) is 0. The lowest BCUT2D eigenvalue weighted by molar-refractivity contribution is -0.120. The molecule has 1 amide bonds. The van der Waals surface area contributed by atoms with E-state index in [0.717, 1.165) is 12.8 Å². The number of rotatable bonds is 5. The van der Waals surface area contributed by atoms with Crippen molar-refractivity contribution in [1.29, 1.82) is 0 Å². The number of hydrogen-bond acceptors (Lipinski definition) is 3. The molecule has 2 rings (SSSR count). The van der Waals surface area contributed by atoms with Crippen LogP contribution in [0.1, 0.15) is 46.0 Å². The zero-order chi connectivity index (χ0) is 15.5. The van der Waals surface area contributed by atoms with Crippen molar-refractivity contribution in [3.63, 3.8) is 0 Å². The van der Waals surface area contributed by atoms with E-state index in [0.29, 0.717) is 18.6 Å². The summed E-state index contributed by atoms with van der Waals surface area (Å²) in [5.41, 5.74) is -0.820. The van der Waals surface area contributed by atoms with Crippen LogP contribution in [0.5, 0.6) is 5.75 Å². The van der Waals surface area contributed by atoms with E-state index in [4.69, 9.17) is 4.74 Å². The topological polar surface area (TPSA) is 58.6 Å². The second-order valence-corrected chi connectivity index (χ2v) is 5.96. The number of nitrogens with one attached hydrogen (secondary N) is 1. The Hall–Kier alpha value is -1.62. The predicted molar refractivity (Wildman–Crippen MR) is 78.8 cm³/mol. The third kappa shape index (κ3) is 4.43. The Labute approximate surface area is 124 Å². The summed E-state index contributed by atoms with van der Waals surface area (Å²) in [4.78, 5) is 11.9. The van der Waals surface area contributed by atoms with E-state index in [1.165, 1.54) is 12.1 Å². The van der Waals surface area contributed by atoms with Crippen molar-refractivity contribution in [1.82, 2.24) is 0 Å². The number of carbonyl (C=O) groups excluding carboxylic acids is 1. The van der Waals surface area contributed by atoms with Crippen LogP contribution in [0.3, 0.4) is 0 Å². The fourth-order valence-electron chi connectivity index (χ4n) is 2.65. The minimum atomic E-state index is -0.929. The van der Waals surface area contributed by atoms with Crippen molar-refractivity contribution in [2.45, 2.75) is 57.7 Å². The molecule has 1 fully saturated rings. The molecule has 0 radical (unpaired) electrons. The van der Waals surface area contributed by atoms with Crippen molar-refractivity contribution in [2.24, 2.45) is 0 Å². The summed E-state index contributed by atoms with van der Waals surface area (Å²) < 4.78 is 19.3. The van der Waals surface area contributed by atoms with Gasteiger partial charge < -0.3 is 15.2 Å². The molecule has 116 valence electrons. The van der Waals surface area contributed by atoms with Gasteiger partial charge in [-0.25, -0.2) is 4.39 Å². The number of benzene rings is 1. The fourth-order valence-corrected chi connectivity index (χ4v) is 2.65. The molecule has 1 aliphatic rings. The molecule has 0 unspecified atom stereocenters.